The molecule has 2 amide bonds. The van der Waals surface area contributed by atoms with E-state index in [9.17, 15) is 14.7 Å². The van der Waals surface area contributed by atoms with Gasteiger partial charge in [0.25, 0.3) is 0 Å². The van der Waals surface area contributed by atoms with Crippen LogP contribution >= 0.6 is 0 Å². The highest BCUT2D eigenvalue weighted by Crippen LogP contribution is 2.18. The van der Waals surface area contributed by atoms with E-state index in [1.54, 1.807) is 27.7 Å². The van der Waals surface area contributed by atoms with Gasteiger partial charge in [-0.15, -0.1) is 0 Å². The zero-order chi connectivity index (χ0) is 16.1. The summed E-state index contributed by atoms with van der Waals surface area (Å²) in [7, 11) is 0. The highest BCUT2D eigenvalue weighted by atomic mass is 16.6. The molecule has 0 aliphatic heterocycles. The summed E-state index contributed by atoms with van der Waals surface area (Å²) in [6.07, 6.45) is -1.24. The first-order valence-electron chi connectivity index (χ1n) is 6.91. The molecule has 0 rings (SSSR count). The molecule has 0 aromatic rings. The zero-order valence-electron chi connectivity index (χ0n) is 13.3. The Morgan fingerprint density at radius 2 is 1.75 bits per heavy atom. The molecular formula is C14H28N2O4. The summed E-state index contributed by atoms with van der Waals surface area (Å²) in [5.41, 5.74) is 4.71. The van der Waals surface area contributed by atoms with E-state index in [4.69, 9.17) is 10.5 Å². The molecule has 0 aliphatic carbocycles. The quantitative estimate of drug-likeness (QED) is 0.687. The molecule has 0 heterocycles. The lowest BCUT2D eigenvalue weighted by Gasteiger charge is -2.27. The number of aliphatic hydroxyl groups is 1. The molecule has 0 fully saturated rings. The number of aliphatic hydroxyl groups excluding tert-OH is 1. The van der Waals surface area contributed by atoms with E-state index in [0.29, 0.717) is 0 Å². The van der Waals surface area contributed by atoms with Gasteiger partial charge in [0.05, 0.1) is 12.1 Å². The van der Waals surface area contributed by atoms with Crippen molar-refractivity contribution in [3.05, 3.63) is 0 Å². The monoisotopic (exact) mass is 288 g/mol. The molecule has 118 valence electrons. The van der Waals surface area contributed by atoms with Crippen molar-refractivity contribution >= 4 is 12.0 Å². The maximum absolute atomic E-state index is 11.6. The van der Waals surface area contributed by atoms with Gasteiger partial charge >= 0.3 is 6.09 Å². The lowest BCUT2D eigenvalue weighted by atomic mass is 9.88. The Labute approximate surface area is 121 Å². The summed E-state index contributed by atoms with van der Waals surface area (Å²) in [5, 5.41) is 12.6. The predicted molar refractivity (Wildman–Crippen MR) is 77.0 cm³/mol. The predicted octanol–water partition coefficient (Wildman–Crippen LogP) is 1.41. The lowest BCUT2D eigenvalue weighted by molar-refractivity contribution is -0.124. The number of carbonyl (C=O) groups excluding carboxylic acids is 2. The second-order valence-corrected chi connectivity index (χ2v) is 6.49. The van der Waals surface area contributed by atoms with Gasteiger partial charge in [0, 0.05) is 5.92 Å². The Morgan fingerprint density at radius 3 is 2.10 bits per heavy atom. The van der Waals surface area contributed by atoms with E-state index in [1.165, 1.54) is 0 Å². The smallest absolute Gasteiger partial charge is 0.407 e. The van der Waals surface area contributed by atoms with Crippen LogP contribution in [0.15, 0.2) is 0 Å². The first-order chi connectivity index (χ1) is 8.94. The highest BCUT2D eigenvalue weighted by molar-refractivity contribution is 5.77. The molecule has 0 bridgehead atoms. The van der Waals surface area contributed by atoms with Crippen LogP contribution in [0.3, 0.4) is 0 Å². The van der Waals surface area contributed by atoms with Crippen LogP contribution in [0.2, 0.25) is 0 Å². The largest absolute Gasteiger partial charge is 0.444 e. The first-order valence-corrected chi connectivity index (χ1v) is 6.91. The summed E-state index contributed by atoms with van der Waals surface area (Å²) in [6, 6.07) is -0.523. The Kier molecular flexibility index (Phi) is 6.99. The van der Waals surface area contributed by atoms with E-state index >= 15 is 0 Å². The van der Waals surface area contributed by atoms with Crippen molar-refractivity contribution in [2.75, 3.05) is 0 Å². The van der Waals surface area contributed by atoms with Gasteiger partial charge in [-0.1, -0.05) is 13.8 Å². The van der Waals surface area contributed by atoms with Gasteiger partial charge < -0.3 is 20.9 Å². The number of nitrogens with two attached hydrogens (primary N) is 1. The maximum Gasteiger partial charge on any atom is 0.407 e. The molecule has 6 heteroatoms. The molecule has 6 nitrogen and oxygen atoms in total. The van der Waals surface area contributed by atoms with E-state index in [-0.39, 0.29) is 12.3 Å². The first kappa shape index (κ1) is 18.7. The third-order valence-electron chi connectivity index (χ3n) is 2.99. The molecule has 20 heavy (non-hydrogen) atoms. The number of hydrogen-bond donors (Lipinski definition) is 3. The lowest BCUT2D eigenvalue weighted by Crippen LogP contribution is -2.45. The Morgan fingerprint density at radius 1 is 1.25 bits per heavy atom. The van der Waals surface area contributed by atoms with Crippen molar-refractivity contribution in [1.29, 1.82) is 0 Å². The zero-order valence-corrected chi connectivity index (χ0v) is 13.3. The fourth-order valence-corrected chi connectivity index (χ4v) is 1.77. The van der Waals surface area contributed by atoms with Gasteiger partial charge in [0.2, 0.25) is 5.91 Å². The van der Waals surface area contributed by atoms with Crippen molar-refractivity contribution in [3.63, 3.8) is 0 Å². The molecule has 0 radical (unpaired) electrons. The van der Waals surface area contributed by atoms with Crippen molar-refractivity contribution in [3.8, 4) is 0 Å². The van der Waals surface area contributed by atoms with Gasteiger partial charge in [-0.05, 0) is 40.0 Å². The second kappa shape index (κ2) is 7.47. The standard InChI is InChI=1S/C14H28N2O4/c1-8(2)10(12(15)18)7-11(17)9(3)16-13(19)20-14(4,5)6/h8-11,17H,7H2,1-6H3,(H2,15,18)(H,16,19)/t9-,10-,11-/m0/s1. The van der Waals surface area contributed by atoms with E-state index in [1.807, 2.05) is 13.8 Å². The van der Waals surface area contributed by atoms with E-state index in [0.717, 1.165) is 0 Å². The van der Waals surface area contributed by atoms with Crippen LogP contribution in [-0.2, 0) is 9.53 Å². The van der Waals surface area contributed by atoms with Crippen LogP contribution in [0.4, 0.5) is 4.79 Å². The summed E-state index contributed by atoms with van der Waals surface area (Å²) in [5.74, 6) is -0.827. The summed E-state index contributed by atoms with van der Waals surface area (Å²) in [6.45, 7) is 10.7. The fraction of sp³-hybridized carbons (Fsp3) is 0.857. The van der Waals surface area contributed by atoms with E-state index in [2.05, 4.69) is 5.32 Å². The number of carbonyl (C=O) groups is 2. The van der Waals surface area contributed by atoms with Gasteiger partial charge in [-0.25, -0.2) is 4.79 Å². The van der Waals surface area contributed by atoms with Crippen molar-refractivity contribution in [1.82, 2.24) is 5.32 Å². The topological polar surface area (TPSA) is 102 Å². The van der Waals surface area contributed by atoms with Crippen LogP contribution in [0, 0.1) is 11.8 Å². The summed E-state index contributed by atoms with van der Waals surface area (Å²) < 4.78 is 5.11. The van der Waals surface area contributed by atoms with Crippen LogP contribution in [0.25, 0.3) is 0 Å². The molecule has 0 saturated carbocycles. The highest BCUT2D eigenvalue weighted by Gasteiger charge is 2.27. The van der Waals surface area contributed by atoms with Crippen molar-refractivity contribution in [2.24, 2.45) is 17.6 Å². The van der Waals surface area contributed by atoms with Gasteiger partial charge in [0.1, 0.15) is 5.60 Å². The molecule has 3 atom stereocenters. The Balaban J connectivity index is 4.44. The van der Waals surface area contributed by atoms with Crippen LogP contribution in [0.1, 0.15) is 48.0 Å². The fourth-order valence-electron chi connectivity index (χ4n) is 1.77. The molecule has 0 aliphatic rings. The minimum absolute atomic E-state index is 0.0378. The van der Waals surface area contributed by atoms with Crippen LogP contribution in [0.5, 0.6) is 0 Å². The van der Waals surface area contributed by atoms with Gasteiger partial charge in [-0.2, -0.15) is 0 Å². The molecule has 0 spiro atoms. The average Bonchev–Trinajstić information content (AvgIpc) is 2.21. The maximum atomic E-state index is 11.6. The summed E-state index contributed by atoms with van der Waals surface area (Å²) in [4.78, 5) is 22.9. The number of ether oxygens (including phenoxy) is 1. The molecule has 0 aromatic heterocycles. The minimum Gasteiger partial charge on any atom is -0.444 e. The molecule has 0 aromatic carbocycles. The van der Waals surface area contributed by atoms with E-state index < -0.39 is 35.7 Å². The van der Waals surface area contributed by atoms with Crippen LogP contribution in [-0.4, -0.2) is 34.9 Å². The van der Waals surface area contributed by atoms with Crippen LogP contribution < -0.4 is 11.1 Å². The molecule has 4 N–H and O–H groups in total. The Bertz CT molecular complexity index is 337. The number of alkyl carbamates (subject to hydrolysis) is 1. The van der Waals surface area contributed by atoms with Gasteiger partial charge in [-0.3, -0.25) is 4.79 Å². The third-order valence-corrected chi connectivity index (χ3v) is 2.99. The minimum atomic E-state index is -0.859. The number of hydrogen-bond acceptors (Lipinski definition) is 4. The third kappa shape index (κ3) is 7.33. The normalized spacial score (nSPS) is 16.4. The van der Waals surface area contributed by atoms with Crippen molar-refractivity contribution < 1.29 is 19.4 Å². The number of nitrogens with one attached hydrogen (secondary N) is 1. The molecule has 0 unspecified atom stereocenters. The number of amides is 2. The Hall–Kier alpha value is -1.30. The SMILES string of the molecule is CC(C)[C@H](C[C@H](O)[C@H](C)NC(=O)OC(C)(C)C)C(N)=O. The number of primary amides is 1. The molecule has 0 saturated heterocycles. The van der Waals surface area contributed by atoms with Crippen molar-refractivity contribution in [2.45, 2.75) is 65.7 Å². The summed E-state index contributed by atoms with van der Waals surface area (Å²) >= 11 is 0. The molecular weight excluding hydrogens is 260 g/mol. The number of rotatable bonds is 6. The average molecular weight is 288 g/mol. The van der Waals surface area contributed by atoms with Gasteiger partial charge in [0.15, 0.2) is 0 Å². The second-order valence-electron chi connectivity index (χ2n) is 6.49.